The SMILES string of the molecule is CC(C)c1ccc(-c2csc(NC(=O)c3ccc(Cl)nc3)n2)cc1. The zero-order chi connectivity index (χ0) is 17.1. The third kappa shape index (κ3) is 3.80. The second kappa shape index (κ2) is 7.11. The predicted octanol–water partition coefficient (Wildman–Crippen LogP) is 5.23. The molecule has 4 nitrogen and oxygen atoms in total. The van der Waals surface area contributed by atoms with E-state index < -0.39 is 0 Å². The van der Waals surface area contributed by atoms with E-state index >= 15 is 0 Å². The van der Waals surface area contributed by atoms with E-state index in [0.717, 1.165) is 11.3 Å². The molecule has 2 aromatic heterocycles. The summed E-state index contributed by atoms with van der Waals surface area (Å²) in [6, 6.07) is 11.5. The highest BCUT2D eigenvalue weighted by molar-refractivity contribution is 7.14. The first-order valence-electron chi connectivity index (χ1n) is 7.51. The van der Waals surface area contributed by atoms with E-state index in [2.05, 4.69) is 53.4 Å². The predicted molar refractivity (Wildman–Crippen MR) is 98.8 cm³/mol. The van der Waals surface area contributed by atoms with Gasteiger partial charge in [-0.2, -0.15) is 0 Å². The second-order valence-corrected chi connectivity index (χ2v) is 6.88. The molecule has 3 rings (SSSR count). The summed E-state index contributed by atoms with van der Waals surface area (Å²) in [5.74, 6) is 0.243. The molecule has 0 aliphatic heterocycles. The van der Waals surface area contributed by atoms with Gasteiger partial charge in [0, 0.05) is 17.1 Å². The maximum Gasteiger partial charge on any atom is 0.259 e. The number of hydrogen-bond acceptors (Lipinski definition) is 4. The van der Waals surface area contributed by atoms with Crippen molar-refractivity contribution < 1.29 is 4.79 Å². The summed E-state index contributed by atoms with van der Waals surface area (Å²) in [5.41, 5.74) is 3.61. The third-order valence-corrected chi connectivity index (χ3v) is 4.57. The molecule has 2 heterocycles. The molecule has 0 radical (unpaired) electrons. The molecule has 3 aromatic rings. The molecule has 1 N–H and O–H groups in total. The first kappa shape index (κ1) is 16.6. The van der Waals surface area contributed by atoms with Gasteiger partial charge in [-0.15, -0.1) is 11.3 Å². The van der Waals surface area contributed by atoms with Crippen LogP contribution >= 0.6 is 22.9 Å². The normalized spacial score (nSPS) is 10.8. The molecule has 0 spiro atoms. The van der Waals surface area contributed by atoms with Gasteiger partial charge in [0.2, 0.25) is 0 Å². The van der Waals surface area contributed by atoms with E-state index in [0.29, 0.717) is 21.8 Å². The van der Waals surface area contributed by atoms with Gasteiger partial charge in [-0.3, -0.25) is 10.1 Å². The van der Waals surface area contributed by atoms with Gasteiger partial charge in [-0.25, -0.2) is 9.97 Å². The Morgan fingerprint density at radius 2 is 1.92 bits per heavy atom. The third-order valence-electron chi connectivity index (χ3n) is 3.59. The fraction of sp³-hybridized carbons (Fsp3) is 0.167. The number of benzene rings is 1. The summed E-state index contributed by atoms with van der Waals surface area (Å²) in [5, 5.41) is 5.62. The van der Waals surface area contributed by atoms with Crippen LogP contribution in [0, 0.1) is 0 Å². The molecule has 122 valence electrons. The molecule has 0 saturated carbocycles. The Morgan fingerprint density at radius 3 is 2.54 bits per heavy atom. The molecule has 24 heavy (non-hydrogen) atoms. The van der Waals surface area contributed by atoms with Crippen LogP contribution in [0.2, 0.25) is 5.15 Å². The molecular formula is C18H16ClN3OS. The molecule has 6 heteroatoms. The molecule has 0 aliphatic carbocycles. The maximum absolute atomic E-state index is 12.2. The fourth-order valence-corrected chi connectivity index (χ4v) is 3.01. The molecule has 0 aliphatic rings. The van der Waals surface area contributed by atoms with Gasteiger partial charge >= 0.3 is 0 Å². The first-order chi connectivity index (χ1) is 11.5. The molecule has 0 bridgehead atoms. The fourth-order valence-electron chi connectivity index (χ4n) is 2.18. The molecule has 0 saturated heterocycles. The Bertz CT molecular complexity index is 841. The summed E-state index contributed by atoms with van der Waals surface area (Å²) >= 11 is 7.12. The van der Waals surface area contributed by atoms with E-state index in [1.807, 2.05) is 5.38 Å². The summed E-state index contributed by atoms with van der Waals surface area (Å²) < 4.78 is 0. The summed E-state index contributed by atoms with van der Waals surface area (Å²) in [4.78, 5) is 20.5. The van der Waals surface area contributed by atoms with E-state index in [-0.39, 0.29) is 5.91 Å². The van der Waals surface area contributed by atoms with Gasteiger partial charge in [-0.1, -0.05) is 49.7 Å². The number of nitrogens with one attached hydrogen (secondary N) is 1. The number of halogens is 1. The van der Waals surface area contributed by atoms with Gasteiger partial charge in [0.05, 0.1) is 11.3 Å². The minimum Gasteiger partial charge on any atom is -0.298 e. The van der Waals surface area contributed by atoms with Crippen LogP contribution < -0.4 is 5.32 Å². The maximum atomic E-state index is 12.2. The Hall–Kier alpha value is -2.24. The number of nitrogens with zero attached hydrogens (tertiary/aromatic N) is 2. The number of rotatable bonds is 4. The van der Waals surface area contributed by atoms with E-state index in [1.165, 1.54) is 23.1 Å². The molecule has 1 amide bonds. The van der Waals surface area contributed by atoms with Crippen LogP contribution in [-0.2, 0) is 0 Å². The number of carbonyl (C=O) groups excluding carboxylic acids is 1. The highest BCUT2D eigenvalue weighted by Gasteiger charge is 2.10. The van der Waals surface area contributed by atoms with Crippen LogP contribution in [0.1, 0.15) is 35.7 Å². The lowest BCUT2D eigenvalue weighted by atomic mass is 10.0. The quantitative estimate of drug-likeness (QED) is 0.650. The van der Waals surface area contributed by atoms with Crippen LogP contribution in [0.15, 0.2) is 48.0 Å². The highest BCUT2D eigenvalue weighted by Crippen LogP contribution is 2.26. The topological polar surface area (TPSA) is 54.9 Å². The zero-order valence-electron chi connectivity index (χ0n) is 13.3. The number of carbonyl (C=O) groups is 1. The van der Waals surface area contributed by atoms with Crippen LogP contribution in [-0.4, -0.2) is 15.9 Å². The molecule has 0 atom stereocenters. The highest BCUT2D eigenvalue weighted by atomic mass is 35.5. The Balaban J connectivity index is 1.73. The Morgan fingerprint density at radius 1 is 1.17 bits per heavy atom. The molecule has 0 fully saturated rings. The molecule has 0 unspecified atom stereocenters. The van der Waals surface area contributed by atoms with Crippen molar-refractivity contribution >= 4 is 34.0 Å². The van der Waals surface area contributed by atoms with Crippen LogP contribution in [0.25, 0.3) is 11.3 Å². The molecular weight excluding hydrogens is 342 g/mol. The minimum absolute atomic E-state index is 0.254. The van der Waals surface area contributed by atoms with Crippen molar-refractivity contribution in [3.8, 4) is 11.3 Å². The van der Waals surface area contributed by atoms with Crippen LogP contribution in [0.4, 0.5) is 5.13 Å². The lowest BCUT2D eigenvalue weighted by molar-refractivity contribution is 0.102. The van der Waals surface area contributed by atoms with Gasteiger partial charge in [-0.05, 0) is 23.6 Å². The smallest absolute Gasteiger partial charge is 0.259 e. The minimum atomic E-state index is -0.254. The Kier molecular flexibility index (Phi) is 4.92. The molecule has 1 aromatic carbocycles. The summed E-state index contributed by atoms with van der Waals surface area (Å²) in [6.45, 7) is 4.33. The number of anilines is 1. The average molecular weight is 358 g/mol. The van der Waals surface area contributed by atoms with Crippen molar-refractivity contribution in [3.05, 3.63) is 64.3 Å². The van der Waals surface area contributed by atoms with Crippen molar-refractivity contribution in [2.24, 2.45) is 0 Å². The zero-order valence-corrected chi connectivity index (χ0v) is 14.9. The van der Waals surface area contributed by atoms with Crippen molar-refractivity contribution in [1.82, 2.24) is 9.97 Å². The monoisotopic (exact) mass is 357 g/mol. The number of pyridine rings is 1. The van der Waals surface area contributed by atoms with Crippen LogP contribution in [0.3, 0.4) is 0 Å². The number of amides is 1. The van der Waals surface area contributed by atoms with Crippen LogP contribution in [0.5, 0.6) is 0 Å². The number of aromatic nitrogens is 2. The standard InChI is InChI=1S/C18H16ClN3OS/c1-11(2)12-3-5-13(6-4-12)15-10-24-18(21-15)22-17(23)14-7-8-16(19)20-9-14/h3-11H,1-2H3,(H,21,22,23). The second-order valence-electron chi connectivity index (χ2n) is 5.64. The van der Waals surface area contributed by atoms with E-state index in [4.69, 9.17) is 11.6 Å². The lowest BCUT2D eigenvalue weighted by Crippen LogP contribution is -2.11. The lowest BCUT2D eigenvalue weighted by Gasteiger charge is -2.05. The first-order valence-corrected chi connectivity index (χ1v) is 8.77. The van der Waals surface area contributed by atoms with E-state index in [1.54, 1.807) is 12.1 Å². The van der Waals surface area contributed by atoms with Crippen molar-refractivity contribution in [1.29, 1.82) is 0 Å². The van der Waals surface area contributed by atoms with Gasteiger partial charge < -0.3 is 0 Å². The van der Waals surface area contributed by atoms with Gasteiger partial charge in [0.25, 0.3) is 5.91 Å². The van der Waals surface area contributed by atoms with Crippen molar-refractivity contribution in [3.63, 3.8) is 0 Å². The van der Waals surface area contributed by atoms with Crippen molar-refractivity contribution in [2.75, 3.05) is 5.32 Å². The average Bonchev–Trinajstić information content (AvgIpc) is 3.04. The van der Waals surface area contributed by atoms with E-state index in [9.17, 15) is 4.79 Å². The van der Waals surface area contributed by atoms with Crippen molar-refractivity contribution in [2.45, 2.75) is 19.8 Å². The summed E-state index contributed by atoms with van der Waals surface area (Å²) in [7, 11) is 0. The number of thiazole rings is 1. The van der Waals surface area contributed by atoms with Gasteiger partial charge in [0.1, 0.15) is 5.15 Å². The van der Waals surface area contributed by atoms with Gasteiger partial charge in [0.15, 0.2) is 5.13 Å². The Labute approximate surface area is 149 Å². The number of hydrogen-bond donors (Lipinski definition) is 1. The largest absolute Gasteiger partial charge is 0.298 e. The summed E-state index contributed by atoms with van der Waals surface area (Å²) in [6.07, 6.45) is 1.44.